The Morgan fingerprint density at radius 3 is 2.75 bits per heavy atom. The summed E-state index contributed by atoms with van der Waals surface area (Å²) in [6.07, 6.45) is 3.73. The predicted molar refractivity (Wildman–Crippen MR) is 63.7 cm³/mol. The maximum Gasteiger partial charge on any atom is 0.269 e. The number of anilines is 1. The summed E-state index contributed by atoms with van der Waals surface area (Å²) in [5.74, 6) is 0.791. The van der Waals surface area contributed by atoms with Gasteiger partial charge in [-0.15, -0.1) is 0 Å². The fraction of sp³-hybridized carbons (Fsp3) is 0.500. The minimum absolute atomic E-state index is 0.126. The second-order valence-electron chi connectivity index (χ2n) is 4.01. The number of carbonyl (C=O) groups is 1. The molecule has 1 aromatic rings. The van der Waals surface area contributed by atoms with Crippen LogP contribution in [0.25, 0.3) is 0 Å². The van der Waals surface area contributed by atoms with Gasteiger partial charge in [0, 0.05) is 20.1 Å². The Bertz CT molecular complexity index is 372. The van der Waals surface area contributed by atoms with Crippen molar-refractivity contribution >= 4 is 11.7 Å². The van der Waals surface area contributed by atoms with Crippen molar-refractivity contribution in [3.63, 3.8) is 0 Å². The zero-order chi connectivity index (χ0) is 11.4. The second-order valence-corrected chi connectivity index (χ2v) is 4.01. The van der Waals surface area contributed by atoms with Crippen molar-refractivity contribution in [1.29, 1.82) is 0 Å². The van der Waals surface area contributed by atoms with Gasteiger partial charge in [0.15, 0.2) is 0 Å². The summed E-state index contributed by atoms with van der Waals surface area (Å²) in [4.78, 5) is 18.1. The Hall–Kier alpha value is -1.58. The molecule has 16 heavy (non-hydrogen) atoms. The van der Waals surface area contributed by atoms with Gasteiger partial charge in [0.2, 0.25) is 0 Å². The van der Waals surface area contributed by atoms with Gasteiger partial charge >= 0.3 is 0 Å². The fourth-order valence-corrected chi connectivity index (χ4v) is 1.98. The topological polar surface area (TPSA) is 45.2 Å². The first-order valence-corrected chi connectivity index (χ1v) is 5.75. The quantitative estimate of drug-likeness (QED) is 0.818. The number of aromatic nitrogens is 1. The zero-order valence-corrected chi connectivity index (χ0v) is 9.57. The standard InChI is InChI=1S/C12H17N3O/c1-13-12(16)10-6-5-7-11(14-10)15-8-3-2-4-9-15/h5-7H,2-4,8-9H2,1H3,(H,13,16). The lowest BCUT2D eigenvalue weighted by molar-refractivity contribution is 0.0958. The lowest BCUT2D eigenvalue weighted by Gasteiger charge is -2.27. The summed E-state index contributed by atoms with van der Waals surface area (Å²) in [6.45, 7) is 2.09. The van der Waals surface area contributed by atoms with Gasteiger partial charge in [-0.3, -0.25) is 4.79 Å². The van der Waals surface area contributed by atoms with Crippen LogP contribution in [0, 0.1) is 0 Å². The molecule has 0 radical (unpaired) electrons. The van der Waals surface area contributed by atoms with Crippen molar-refractivity contribution in [3.8, 4) is 0 Å². The number of hydrogen-bond donors (Lipinski definition) is 1. The smallest absolute Gasteiger partial charge is 0.269 e. The molecule has 0 atom stereocenters. The largest absolute Gasteiger partial charge is 0.357 e. The van der Waals surface area contributed by atoms with E-state index in [9.17, 15) is 4.79 Å². The Labute approximate surface area is 95.7 Å². The zero-order valence-electron chi connectivity index (χ0n) is 9.57. The number of rotatable bonds is 2. The minimum atomic E-state index is -0.126. The Kier molecular flexibility index (Phi) is 3.39. The third kappa shape index (κ3) is 2.32. The average molecular weight is 219 g/mol. The molecule has 86 valence electrons. The molecule has 4 nitrogen and oxygen atoms in total. The van der Waals surface area contributed by atoms with Crippen LogP contribution in [0.1, 0.15) is 29.8 Å². The van der Waals surface area contributed by atoms with E-state index < -0.39 is 0 Å². The molecule has 0 saturated carbocycles. The van der Waals surface area contributed by atoms with Crippen molar-refractivity contribution in [2.75, 3.05) is 25.0 Å². The molecule has 0 aliphatic carbocycles. The summed E-state index contributed by atoms with van der Waals surface area (Å²) >= 11 is 0. The molecule has 1 aliphatic rings. The van der Waals surface area contributed by atoms with E-state index in [0.29, 0.717) is 5.69 Å². The van der Waals surface area contributed by atoms with Crippen molar-refractivity contribution in [2.24, 2.45) is 0 Å². The van der Waals surface area contributed by atoms with E-state index in [4.69, 9.17) is 0 Å². The number of hydrogen-bond acceptors (Lipinski definition) is 3. The van der Waals surface area contributed by atoms with E-state index in [1.165, 1.54) is 19.3 Å². The summed E-state index contributed by atoms with van der Waals surface area (Å²) < 4.78 is 0. The van der Waals surface area contributed by atoms with Gasteiger partial charge in [0.25, 0.3) is 5.91 Å². The van der Waals surface area contributed by atoms with Crippen molar-refractivity contribution < 1.29 is 4.79 Å². The molecule has 1 aromatic heterocycles. The van der Waals surface area contributed by atoms with Crippen LogP contribution in [0.5, 0.6) is 0 Å². The summed E-state index contributed by atoms with van der Waals surface area (Å²) in [5.41, 5.74) is 0.491. The minimum Gasteiger partial charge on any atom is -0.357 e. The van der Waals surface area contributed by atoms with Crippen LogP contribution < -0.4 is 10.2 Å². The van der Waals surface area contributed by atoms with Crippen LogP contribution in [0.4, 0.5) is 5.82 Å². The molecule has 0 bridgehead atoms. The molecule has 2 rings (SSSR count). The Morgan fingerprint density at radius 1 is 1.31 bits per heavy atom. The van der Waals surface area contributed by atoms with E-state index in [1.807, 2.05) is 12.1 Å². The second kappa shape index (κ2) is 4.96. The number of carbonyl (C=O) groups excluding carboxylic acids is 1. The normalized spacial score (nSPS) is 15.9. The third-order valence-electron chi connectivity index (χ3n) is 2.87. The highest BCUT2D eigenvalue weighted by molar-refractivity contribution is 5.92. The monoisotopic (exact) mass is 219 g/mol. The summed E-state index contributed by atoms with van der Waals surface area (Å²) in [5, 5.41) is 2.59. The van der Waals surface area contributed by atoms with Crippen molar-refractivity contribution in [3.05, 3.63) is 23.9 Å². The highest BCUT2D eigenvalue weighted by Gasteiger charge is 2.13. The molecule has 1 amide bonds. The number of nitrogens with one attached hydrogen (secondary N) is 1. The summed E-state index contributed by atoms with van der Waals surface area (Å²) in [6, 6.07) is 5.60. The molecule has 0 aromatic carbocycles. The van der Waals surface area contributed by atoms with Crippen LogP contribution in [0.15, 0.2) is 18.2 Å². The van der Waals surface area contributed by atoms with Crippen LogP contribution in [0.2, 0.25) is 0 Å². The average Bonchev–Trinajstić information content (AvgIpc) is 2.39. The Morgan fingerprint density at radius 2 is 2.06 bits per heavy atom. The highest BCUT2D eigenvalue weighted by atomic mass is 16.1. The van der Waals surface area contributed by atoms with Crippen molar-refractivity contribution in [1.82, 2.24) is 10.3 Å². The molecule has 1 fully saturated rings. The van der Waals surface area contributed by atoms with Gasteiger partial charge in [-0.2, -0.15) is 0 Å². The molecular formula is C12H17N3O. The lowest BCUT2D eigenvalue weighted by Crippen LogP contribution is -2.30. The van der Waals surface area contributed by atoms with E-state index in [2.05, 4.69) is 15.2 Å². The van der Waals surface area contributed by atoms with Crippen LogP contribution in [0.3, 0.4) is 0 Å². The van der Waals surface area contributed by atoms with Crippen LogP contribution >= 0.6 is 0 Å². The van der Waals surface area contributed by atoms with Gasteiger partial charge < -0.3 is 10.2 Å². The molecule has 1 saturated heterocycles. The van der Waals surface area contributed by atoms with Gasteiger partial charge in [-0.1, -0.05) is 6.07 Å². The third-order valence-corrected chi connectivity index (χ3v) is 2.87. The van der Waals surface area contributed by atoms with Gasteiger partial charge in [-0.05, 0) is 31.4 Å². The first-order chi connectivity index (χ1) is 7.81. The van der Waals surface area contributed by atoms with Gasteiger partial charge in [-0.25, -0.2) is 4.98 Å². The molecule has 2 heterocycles. The van der Waals surface area contributed by atoms with E-state index in [1.54, 1.807) is 13.1 Å². The first-order valence-electron chi connectivity index (χ1n) is 5.75. The molecule has 4 heteroatoms. The Balaban J connectivity index is 2.17. The molecule has 1 N–H and O–H groups in total. The van der Waals surface area contributed by atoms with Gasteiger partial charge in [0.05, 0.1) is 0 Å². The number of amides is 1. The molecule has 1 aliphatic heterocycles. The number of nitrogens with zero attached hydrogens (tertiary/aromatic N) is 2. The molecular weight excluding hydrogens is 202 g/mol. The number of piperidine rings is 1. The highest BCUT2D eigenvalue weighted by Crippen LogP contribution is 2.17. The predicted octanol–water partition coefficient (Wildman–Crippen LogP) is 1.43. The van der Waals surface area contributed by atoms with E-state index in [-0.39, 0.29) is 5.91 Å². The molecule has 0 spiro atoms. The number of pyridine rings is 1. The maximum absolute atomic E-state index is 11.5. The van der Waals surface area contributed by atoms with Crippen LogP contribution in [-0.4, -0.2) is 31.0 Å². The SMILES string of the molecule is CNC(=O)c1cccc(N2CCCCC2)n1. The lowest BCUT2D eigenvalue weighted by atomic mass is 10.1. The van der Waals surface area contributed by atoms with E-state index in [0.717, 1.165) is 18.9 Å². The maximum atomic E-state index is 11.5. The van der Waals surface area contributed by atoms with Crippen LogP contribution in [-0.2, 0) is 0 Å². The first kappa shape index (κ1) is 10.9. The van der Waals surface area contributed by atoms with Crippen molar-refractivity contribution in [2.45, 2.75) is 19.3 Å². The fourth-order valence-electron chi connectivity index (χ4n) is 1.98. The van der Waals surface area contributed by atoms with E-state index >= 15 is 0 Å². The van der Waals surface area contributed by atoms with Gasteiger partial charge in [0.1, 0.15) is 11.5 Å². The molecule has 0 unspecified atom stereocenters. The summed E-state index contributed by atoms with van der Waals surface area (Å²) in [7, 11) is 1.62.